The lowest BCUT2D eigenvalue weighted by molar-refractivity contribution is 0.281. The predicted octanol–water partition coefficient (Wildman–Crippen LogP) is 2.39. The number of hydrogen-bond acceptors (Lipinski definition) is 4. The first-order valence-electron chi connectivity index (χ1n) is 5.79. The zero-order valence-corrected chi connectivity index (χ0v) is 10.2. The van der Waals surface area contributed by atoms with Gasteiger partial charge in [-0.15, -0.1) is 0 Å². The normalized spacial score (nSPS) is 12.2. The summed E-state index contributed by atoms with van der Waals surface area (Å²) in [6.45, 7) is 1.91. The van der Waals surface area contributed by atoms with Gasteiger partial charge in [-0.1, -0.05) is 18.2 Å². The van der Waals surface area contributed by atoms with Crippen molar-refractivity contribution in [3.8, 4) is 11.6 Å². The average molecular weight is 244 g/mol. The Balaban J connectivity index is 2.22. The Morgan fingerprint density at radius 3 is 2.61 bits per heavy atom. The highest BCUT2D eigenvalue weighted by Crippen LogP contribution is 2.26. The van der Waals surface area contributed by atoms with Crippen molar-refractivity contribution in [2.45, 2.75) is 19.6 Å². The monoisotopic (exact) mass is 244 g/mol. The van der Waals surface area contributed by atoms with E-state index in [0.29, 0.717) is 11.6 Å². The molecule has 2 aromatic rings. The van der Waals surface area contributed by atoms with Crippen LogP contribution < -0.4 is 10.5 Å². The second-order valence-electron chi connectivity index (χ2n) is 4.09. The molecule has 18 heavy (non-hydrogen) atoms. The third-order valence-corrected chi connectivity index (χ3v) is 2.61. The minimum absolute atomic E-state index is 0.0228. The molecule has 1 aromatic carbocycles. The maximum absolute atomic E-state index is 8.97. The van der Waals surface area contributed by atoms with E-state index in [1.54, 1.807) is 18.3 Å². The van der Waals surface area contributed by atoms with E-state index >= 15 is 0 Å². The van der Waals surface area contributed by atoms with Crippen LogP contribution in [0.4, 0.5) is 0 Å². The molecule has 0 radical (unpaired) electrons. The molecule has 0 spiro atoms. The molecule has 1 heterocycles. The van der Waals surface area contributed by atoms with E-state index in [9.17, 15) is 0 Å². The van der Waals surface area contributed by atoms with Gasteiger partial charge in [-0.05, 0) is 30.7 Å². The van der Waals surface area contributed by atoms with Crippen LogP contribution in [0.25, 0.3) is 0 Å². The standard InChI is InChI=1S/C14H16N2O2/c1-10(15)13-3-2-8-16-14(13)18-12-6-4-11(9-17)5-7-12/h2-8,10,17H,9,15H2,1H3/t10-/m1/s1. The summed E-state index contributed by atoms with van der Waals surface area (Å²) in [6.07, 6.45) is 1.67. The fourth-order valence-corrected chi connectivity index (χ4v) is 1.61. The van der Waals surface area contributed by atoms with Crippen LogP contribution in [0.15, 0.2) is 42.6 Å². The third kappa shape index (κ3) is 2.85. The molecule has 0 saturated carbocycles. The van der Waals surface area contributed by atoms with Crippen molar-refractivity contribution in [2.24, 2.45) is 5.73 Å². The molecule has 2 rings (SSSR count). The molecular weight excluding hydrogens is 228 g/mol. The van der Waals surface area contributed by atoms with Crippen LogP contribution in [0, 0.1) is 0 Å². The van der Waals surface area contributed by atoms with E-state index in [4.69, 9.17) is 15.6 Å². The van der Waals surface area contributed by atoms with Gasteiger partial charge in [0.15, 0.2) is 0 Å². The summed E-state index contributed by atoms with van der Waals surface area (Å²) in [7, 11) is 0. The largest absolute Gasteiger partial charge is 0.439 e. The van der Waals surface area contributed by atoms with Gasteiger partial charge < -0.3 is 15.6 Å². The highest BCUT2D eigenvalue weighted by Gasteiger charge is 2.09. The molecule has 1 atom stereocenters. The number of aliphatic hydroxyl groups excluding tert-OH is 1. The van der Waals surface area contributed by atoms with Gasteiger partial charge in [0.05, 0.1) is 6.61 Å². The van der Waals surface area contributed by atoms with Crippen molar-refractivity contribution < 1.29 is 9.84 Å². The second-order valence-corrected chi connectivity index (χ2v) is 4.09. The summed E-state index contributed by atoms with van der Waals surface area (Å²) in [5.74, 6) is 1.19. The van der Waals surface area contributed by atoms with Crippen LogP contribution in [0.1, 0.15) is 24.1 Å². The first kappa shape index (κ1) is 12.5. The molecule has 0 amide bonds. The summed E-state index contributed by atoms with van der Waals surface area (Å²) in [5.41, 5.74) is 7.57. The fraction of sp³-hybridized carbons (Fsp3) is 0.214. The zero-order chi connectivity index (χ0) is 13.0. The highest BCUT2D eigenvalue weighted by atomic mass is 16.5. The van der Waals surface area contributed by atoms with Crippen LogP contribution in [0.5, 0.6) is 11.6 Å². The lowest BCUT2D eigenvalue weighted by Crippen LogP contribution is -2.07. The molecule has 0 bridgehead atoms. The fourth-order valence-electron chi connectivity index (χ4n) is 1.61. The van der Waals surface area contributed by atoms with E-state index in [2.05, 4.69) is 4.98 Å². The molecule has 4 nitrogen and oxygen atoms in total. The number of aromatic nitrogens is 1. The third-order valence-electron chi connectivity index (χ3n) is 2.61. The van der Waals surface area contributed by atoms with Crippen molar-refractivity contribution in [3.05, 3.63) is 53.7 Å². The minimum atomic E-state index is -0.134. The van der Waals surface area contributed by atoms with Gasteiger partial charge in [0.1, 0.15) is 5.75 Å². The average Bonchev–Trinajstić information content (AvgIpc) is 2.40. The molecule has 0 aliphatic rings. The highest BCUT2D eigenvalue weighted by molar-refractivity contribution is 5.35. The molecular formula is C14H16N2O2. The zero-order valence-electron chi connectivity index (χ0n) is 10.2. The Kier molecular flexibility index (Phi) is 3.92. The van der Waals surface area contributed by atoms with Gasteiger partial charge in [-0.3, -0.25) is 0 Å². The Bertz CT molecular complexity index is 509. The Labute approximate surface area is 106 Å². The number of ether oxygens (including phenoxy) is 1. The number of nitrogens with two attached hydrogens (primary N) is 1. The van der Waals surface area contributed by atoms with Crippen LogP contribution in [-0.4, -0.2) is 10.1 Å². The summed E-state index contributed by atoms with van der Waals surface area (Å²) in [5, 5.41) is 8.97. The summed E-state index contributed by atoms with van der Waals surface area (Å²) in [6, 6.07) is 10.8. The number of pyridine rings is 1. The summed E-state index contributed by atoms with van der Waals surface area (Å²) >= 11 is 0. The van der Waals surface area contributed by atoms with Crippen molar-refractivity contribution in [2.75, 3.05) is 0 Å². The summed E-state index contributed by atoms with van der Waals surface area (Å²) in [4.78, 5) is 4.19. The van der Waals surface area contributed by atoms with Crippen LogP contribution in [0.3, 0.4) is 0 Å². The van der Waals surface area contributed by atoms with Crippen molar-refractivity contribution in [1.29, 1.82) is 0 Å². The molecule has 0 unspecified atom stereocenters. The maximum atomic E-state index is 8.97. The Morgan fingerprint density at radius 2 is 2.00 bits per heavy atom. The van der Waals surface area contributed by atoms with Crippen molar-refractivity contribution >= 4 is 0 Å². The number of aliphatic hydroxyl groups is 1. The molecule has 4 heteroatoms. The van der Waals surface area contributed by atoms with E-state index in [0.717, 1.165) is 11.1 Å². The summed E-state index contributed by atoms with van der Waals surface area (Å²) < 4.78 is 5.70. The Hall–Kier alpha value is -1.91. The van der Waals surface area contributed by atoms with Gasteiger partial charge in [-0.25, -0.2) is 4.98 Å². The SMILES string of the molecule is C[C@@H](N)c1cccnc1Oc1ccc(CO)cc1. The molecule has 0 saturated heterocycles. The van der Waals surface area contributed by atoms with Crippen molar-refractivity contribution in [1.82, 2.24) is 4.98 Å². The topological polar surface area (TPSA) is 68.4 Å². The molecule has 0 fully saturated rings. The predicted molar refractivity (Wildman–Crippen MR) is 69.3 cm³/mol. The van der Waals surface area contributed by atoms with Gasteiger partial charge in [-0.2, -0.15) is 0 Å². The number of hydrogen-bond donors (Lipinski definition) is 2. The van der Waals surface area contributed by atoms with E-state index in [1.165, 1.54) is 0 Å². The smallest absolute Gasteiger partial charge is 0.223 e. The lowest BCUT2D eigenvalue weighted by Gasteiger charge is -2.12. The van der Waals surface area contributed by atoms with Crippen LogP contribution in [0.2, 0.25) is 0 Å². The molecule has 0 aliphatic carbocycles. The van der Waals surface area contributed by atoms with Gasteiger partial charge in [0.2, 0.25) is 5.88 Å². The van der Waals surface area contributed by atoms with Gasteiger partial charge >= 0.3 is 0 Å². The molecule has 0 aliphatic heterocycles. The molecule has 3 N–H and O–H groups in total. The van der Waals surface area contributed by atoms with Crippen LogP contribution in [-0.2, 0) is 6.61 Å². The van der Waals surface area contributed by atoms with Crippen molar-refractivity contribution in [3.63, 3.8) is 0 Å². The quantitative estimate of drug-likeness (QED) is 0.866. The van der Waals surface area contributed by atoms with Gasteiger partial charge in [0.25, 0.3) is 0 Å². The number of nitrogens with zero attached hydrogens (tertiary/aromatic N) is 1. The van der Waals surface area contributed by atoms with E-state index in [1.807, 2.05) is 31.2 Å². The van der Waals surface area contributed by atoms with E-state index < -0.39 is 0 Å². The molecule has 94 valence electrons. The first-order chi connectivity index (χ1) is 8.70. The molecule has 1 aromatic heterocycles. The number of benzene rings is 1. The van der Waals surface area contributed by atoms with Gasteiger partial charge in [0, 0.05) is 17.8 Å². The Morgan fingerprint density at radius 1 is 1.28 bits per heavy atom. The second kappa shape index (κ2) is 5.62. The first-order valence-corrected chi connectivity index (χ1v) is 5.79. The lowest BCUT2D eigenvalue weighted by atomic mass is 10.1. The maximum Gasteiger partial charge on any atom is 0.223 e. The minimum Gasteiger partial charge on any atom is -0.439 e. The van der Waals surface area contributed by atoms with Crippen LogP contribution >= 0.6 is 0 Å². The van der Waals surface area contributed by atoms with E-state index in [-0.39, 0.29) is 12.6 Å². The number of rotatable bonds is 4.